The van der Waals surface area contributed by atoms with Crippen LogP contribution in [0.15, 0.2) is 78.5 Å². The number of carboxylic acids is 1. The molecule has 2 N–H and O–H groups in total. The average molecular weight is 613 g/mol. The predicted octanol–water partition coefficient (Wildman–Crippen LogP) is 5.67. The molecule has 178 valence electrons. The van der Waals surface area contributed by atoms with Crippen molar-refractivity contribution in [1.29, 1.82) is 0 Å². The second-order valence-corrected chi connectivity index (χ2v) is 10.8. The van der Waals surface area contributed by atoms with Gasteiger partial charge in [0, 0.05) is 6.07 Å². The van der Waals surface area contributed by atoms with Crippen molar-refractivity contribution in [2.45, 2.75) is 29.7 Å². The molecule has 0 aliphatic carbocycles. The van der Waals surface area contributed by atoms with Gasteiger partial charge in [0.05, 0.1) is 20.1 Å². The van der Waals surface area contributed by atoms with Crippen molar-refractivity contribution in [1.82, 2.24) is 0 Å². The summed E-state index contributed by atoms with van der Waals surface area (Å²) in [4.78, 5) is 15.4. The molecule has 0 amide bonds. The van der Waals surface area contributed by atoms with Gasteiger partial charge in [-0.2, -0.15) is 0 Å². The normalized spacial score (nSPS) is 12.5. The Morgan fingerprint density at radius 1 is 1.06 bits per heavy atom. The lowest BCUT2D eigenvalue weighted by atomic mass is 10.2. The predicted molar refractivity (Wildman–Crippen MR) is 132 cm³/mol. The van der Waals surface area contributed by atoms with Gasteiger partial charge in [-0.15, -0.1) is 0 Å². The number of nitrogens with zero attached hydrogens (tertiary/aromatic N) is 1. The van der Waals surface area contributed by atoms with Crippen LogP contribution in [0, 0.1) is 6.92 Å². The van der Waals surface area contributed by atoms with Crippen LogP contribution < -0.4 is 4.74 Å². The smallest absolute Gasteiger partial charge is 0.347 e. The van der Waals surface area contributed by atoms with Crippen LogP contribution in [0.25, 0.3) is 0 Å². The van der Waals surface area contributed by atoms with Crippen molar-refractivity contribution in [2.75, 3.05) is 0 Å². The molecule has 3 aromatic carbocycles. The first-order valence-corrected chi connectivity index (χ1v) is 12.8. The highest BCUT2D eigenvalue weighted by atomic mass is 79.9. The molecule has 0 aromatic heterocycles. The zero-order valence-corrected chi connectivity index (χ0v) is 21.9. The third kappa shape index (κ3) is 5.96. The number of oxime groups is 1. The highest BCUT2D eigenvalue weighted by molar-refractivity contribution is 9.11. The van der Waals surface area contributed by atoms with Crippen LogP contribution in [-0.2, 0) is 19.5 Å². The van der Waals surface area contributed by atoms with E-state index in [1.807, 2.05) is 6.92 Å². The van der Waals surface area contributed by atoms with Crippen molar-refractivity contribution in [2.24, 2.45) is 5.16 Å². The molecular weight excluding hydrogens is 594 g/mol. The second kappa shape index (κ2) is 10.6. The number of sulfone groups is 1. The SMILES string of the molecule is Cc1ccc(S(=O)(=O)c2cc(Oc3c(Br)cc(/C=N/OC(C)C(=O)O)cc3Br)ccc2O)cc1. The highest BCUT2D eigenvalue weighted by Crippen LogP contribution is 2.40. The Kier molecular flexibility index (Phi) is 8.01. The number of halogens is 2. The maximum atomic E-state index is 13.0. The van der Waals surface area contributed by atoms with Crippen molar-refractivity contribution in [3.05, 3.63) is 74.7 Å². The quantitative estimate of drug-likeness (QED) is 0.248. The van der Waals surface area contributed by atoms with Crippen LogP contribution in [-0.4, -0.2) is 36.9 Å². The van der Waals surface area contributed by atoms with E-state index in [4.69, 9.17) is 14.7 Å². The summed E-state index contributed by atoms with van der Waals surface area (Å²) in [6.07, 6.45) is 0.247. The molecule has 0 aliphatic heterocycles. The summed E-state index contributed by atoms with van der Waals surface area (Å²) in [7, 11) is -3.98. The van der Waals surface area contributed by atoms with Crippen LogP contribution in [0.3, 0.4) is 0 Å². The van der Waals surface area contributed by atoms with Gasteiger partial charge in [0.25, 0.3) is 0 Å². The van der Waals surface area contributed by atoms with Crippen molar-refractivity contribution in [3.63, 3.8) is 0 Å². The summed E-state index contributed by atoms with van der Waals surface area (Å²) in [5.74, 6) is -1.000. The molecule has 8 nitrogen and oxygen atoms in total. The average Bonchev–Trinajstić information content (AvgIpc) is 2.77. The largest absolute Gasteiger partial charge is 0.507 e. The molecule has 3 rings (SSSR count). The second-order valence-electron chi connectivity index (χ2n) is 7.18. The lowest BCUT2D eigenvalue weighted by Crippen LogP contribution is -2.17. The number of aryl methyl sites for hydroxylation is 1. The summed E-state index contributed by atoms with van der Waals surface area (Å²) in [6.45, 7) is 3.20. The van der Waals surface area contributed by atoms with E-state index >= 15 is 0 Å². The Balaban J connectivity index is 1.88. The Morgan fingerprint density at radius 2 is 1.68 bits per heavy atom. The van der Waals surface area contributed by atoms with Gasteiger partial charge < -0.3 is 19.8 Å². The minimum atomic E-state index is -3.98. The molecule has 0 saturated carbocycles. The Hall–Kier alpha value is -2.89. The maximum absolute atomic E-state index is 13.0. The van der Waals surface area contributed by atoms with Crippen molar-refractivity contribution in [3.8, 4) is 17.2 Å². The maximum Gasteiger partial charge on any atom is 0.347 e. The first-order chi connectivity index (χ1) is 16.0. The van der Waals surface area contributed by atoms with E-state index in [1.165, 1.54) is 43.5 Å². The summed E-state index contributed by atoms with van der Waals surface area (Å²) < 4.78 is 33.0. The zero-order valence-electron chi connectivity index (χ0n) is 17.9. The van der Waals surface area contributed by atoms with E-state index in [0.29, 0.717) is 20.3 Å². The fourth-order valence-electron chi connectivity index (χ4n) is 2.71. The number of rotatable bonds is 8. The molecule has 0 aliphatic rings. The summed E-state index contributed by atoms with van der Waals surface area (Å²) in [6, 6.07) is 13.6. The third-order valence-corrected chi connectivity index (χ3v) is 7.54. The number of phenolic OH excluding ortho intramolecular Hbond substituents is 1. The van der Waals surface area contributed by atoms with Crippen LogP contribution >= 0.6 is 31.9 Å². The van der Waals surface area contributed by atoms with Crippen LogP contribution in [0.2, 0.25) is 0 Å². The van der Waals surface area contributed by atoms with Crippen molar-refractivity contribution >= 4 is 53.9 Å². The van der Waals surface area contributed by atoms with Gasteiger partial charge >= 0.3 is 5.97 Å². The standard InChI is InChI=1S/C23H19Br2NO7S/c1-13-3-6-17(7-4-13)34(30,31)21-11-16(5-8-20(21)27)32-22-18(24)9-15(10-19(22)25)12-26-33-14(2)23(28)29/h3-12,14,27H,1-2H3,(H,28,29)/b26-12+. The van der Waals surface area contributed by atoms with Gasteiger partial charge in [-0.05, 0) is 87.7 Å². The minimum Gasteiger partial charge on any atom is -0.507 e. The molecule has 0 fully saturated rings. The number of carbonyl (C=O) groups is 1. The van der Waals surface area contributed by atoms with E-state index in [9.17, 15) is 18.3 Å². The molecule has 0 spiro atoms. The number of carboxylic acid groups (broad SMARTS) is 1. The molecule has 1 unspecified atom stereocenters. The molecule has 34 heavy (non-hydrogen) atoms. The fourth-order valence-corrected chi connectivity index (χ4v) is 5.46. The van der Waals surface area contributed by atoms with E-state index in [0.717, 1.165) is 5.56 Å². The number of phenols is 1. The van der Waals surface area contributed by atoms with E-state index in [2.05, 4.69) is 37.0 Å². The summed E-state index contributed by atoms with van der Waals surface area (Å²) in [5, 5.41) is 22.7. The summed E-state index contributed by atoms with van der Waals surface area (Å²) >= 11 is 6.79. The Morgan fingerprint density at radius 3 is 2.26 bits per heavy atom. The highest BCUT2D eigenvalue weighted by Gasteiger charge is 2.23. The number of benzene rings is 3. The van der Waals surface area contributed by atoms with Crippen LogP contribution in [0.5, 0.6) is 17.2 Å². The third-order valence-electron chi connectivity index (χ3n) is 4.56. The summed E-state index contributed by atoms with van der Waals surface area (Å²) in [5.41, 5.74) is 1.49. The molecule has 3 aromatic rings. The molecule has 0 bridgehead atoms. The van der Waals surface area contributed by atoms with E-state index in [-0.39, 0.29) is 15.5 Å². The molecule has 1 atom stereocenters. The number of ether oxygens (including phenoxy) is 1. The van der Waals surface area contributed by atoms with Crippen LogP contribution in [0.1, 0.15) is 18.1 Å². The number of hydrogen-bond acceptors (Lipinski definition) is 7. The number of hydrogen-bond donors (Lipinski definition) is 2. The topological polar surface area (TPSA) is 122 Å². The minimum absolute atomic E-state index is 0.0518. The van der Waals surface area contributed by atoms with Gasteiger partial charge in [-0.3, -0.25) is 0 Å². The van der Waals surface area contributed by atoms with Gasteiger partial charge in [0.1, 0.15) is 16.4 Å². The first-order valence-electron chi connectivity index (χ1n) is 9.72. The lowest BCUT2D eigenvalue weighted by molar-refractivity contribution is -0.149. The molecule has 11 heteroatoms. The lowest BCUT2D eigenvalue weighted by Gasteiger charge is -2.13. The Labute approximate surface area is 213 Å². The first kappa shape index (κ1) is 25.7. The molecular formula is C23H19Br2NO7S. The van der Waals surface area contributed by atoms with Crippen molar-refractivity contribution < 1.29 is 33.0 Å². The van der Waals surface area contributed by atoms with E-state index in [1.54, 1.807) is 24.3 Å². The Bertz CT molecular complexity index is 1330. The van der Waals surface area contributed by atoms with Gasteiger partial charge in [0.2, 0.25) is 15.9 Å². The van der Waals surface area contributed by atoms with Gasteiger partial charge in [-0.25, -0.2) is 13.2 Å². The zero-order chi connectivity index (χ0) is 25.0. The fraction of sp³-hybridized carbons (Fsp3) is 0.130. The van der Waals surface area contributed by atoms with Crippen LogP contribution in [0.4, 0.5) is 0 Å². The molecule has 0 radical (unpaired) electrons. The van der Waals surface area contributed by atoms with Gasteiger partial charge in [-0.1, -0.05) is 22.9 Å². The number of aliphatic carboxylic acids is 1. The number of aromatic hydroxyl groups is 1. The molecule has 0 saturated heterocycles. The van der Waals surface area contributed by atoms with Gasteiger partial charge in [0.15, 0.2) is 5.75 Å². The monoisotopic (exact) mass is 611 g/mol. The molecule has 0 heterocycles. The van der Waals surface area contributed by atoms with E-state index < -0.39 is 27.7 Å².